The summed E-state index contributed by atoms with van der Waals surface area (Å²) < 4.78 is 0. The Kier molecular flexibility index (Phi) is 3.12. The molecule has 0 spiro atoms. The number of anilines is 1. The summed E-state index contributed by atoms with van der Waals surface area (Å²) in [6.07, 6.45) is 0.0892. The molecule has 1 aromatic rings. The first-order chi connectivity index (χ1) is 8.13. The van der Waals surface area contributed by atoms with E-state index in [9.17, 15) is 9.59 Å². The van der Waals surface area contributed by atoms with Gasteiger partial charge in [-0.05, 0) is 18.2 Å². The van der Waals surface area contributed by atoms with Crippen molar-refractivity contribution in [2.45, 2.75) is 12.8 Å². The SMILES string of the molecule is N#CCCN1C(=O)CC(=O)c2ccc(Cl)cc21. The van der Waals surface area contributed by atoms with Gasteiger partial charge in [-0.2, -0.15) is 5.26 Å². The van der Waals surface area contributed by atoms with Crippen molar-refractivity contribution in [3.63, 3.8) is 0 Å². The summed E-state index contributed by atoms with van der Waals surface area (Å²) in [5.41, 5.74) is 1.00. The minimum absolute atomic E-state index is 0.139. The highest BCUT2D eigenvalue weighted by atomic mass is 35.5. The van der Waals surface area contributed by atoms with Gasteiger partial charge in [-0.1, -0.05) is 11.6 Å². The molecule has 4 nitrogen and oxygen atoms in total. The Balaban J connectivity index is 2.45. The van der Waals surface area contributed by atoms with Crippen LogP contribution >= 0.6 is 11.6 Å². The summed E-state index contributed by atoms with van der Waals surface area (Å²) in [5.74, 6) is -0.477. The van der Waals surface area contributed by atoms with Gasteiger partial charge in [0.15, 0.2) is 5.78 Å². The van der Waals surface area contributed by atoms with Crippen LogP contribution in [0.5, 0.6) is 0 Å². The molecule has 17 heavy (non-hydrogen) atoms. The zero-order valence-electron chi connectivity index (χ0n) is 8.94. The Hall–Kier alpha value is -1.86. The highest BCUT2D eigenvalue weighted by Gasteiger charge is 2.29. The van der Waals surface area contributed by atoms with Crippen LogP contribution in [0.2, 0.25) is 5.02 Å². The molecule has 2 rings (SSSR count). The molecule has 5 heteroatoms. The average molecular weight is 249 g/mol. The predicted octanol–water partition coefficient (Wildman–Crippen LogP) is 2.17. The van der Waals surface area contributed by atoms with Crippen LogP contribution in [0, 0.1) is 11.3 Å². The van der Waals surface area contributed by atoms with Crippen LogP contribution in [0.25, 0.3) is 0 Å². The van der Waals surface area contributed by atoms with Gasteiger partial charge in [0, 0.05) is 17.1 Å². The van der Waals surface area contributed by atoms with Crippen molar-refractivity contribution in [2.75, 3.05) is 11.4 Å². The van der Waals surface area contributed by atoms with E-state index in [0.717, 1.165) is 0 Å². The maximum Gasteiger partial charge on any atom is 0.234 e. The molecule has 0 radical (unpaired) electrons. The maximum atomic E-state index is 11.7. The van der Waals surface area contributed by atoms with Crippen LogP contribution in [0.1, 0.15) is 23.2 Å². The molecule has 0 bridgehead atoms. The number of ketones is 1. The first-order valence-corrected chi connectivity index (χ1v) is 5.51. The van der Waals surface area contributed by atoms with E-state index in [0.29, 0.717) is 16.3 Å². The summed E-state index contributed by atoms with van der Waals surface area (Å²) in [6, 6.07) is 6.81. The second-order valence-corrected chi connectivity index (χ2v) is 4.15. The summed E-state index contributed by atoms with van der Waals surface area (Å²) >= 11 is 5.86. The molecule has 0 aromatic heterocycles. The summed E-state index contributed by atoms with van der Waals surface area (Å²) in [6.45, 7) is 0.288. The number of hydrogen-bond donors (Lipinski definition) is 0. The molecule has 86 valence electrons. The molecule has 0 unspecified atom stereocenters. The van der Waals surface area contributed by atoms with Gasteiger partial charge in [0.2, 0.25) is 5.91 Å². The lowest BCUT2D eigenvalue weighted by Gasteiger charge is -2.28. The van der Waals surface area contributed by atoms with Gasteiger partial charge in [-0.3, -0.25) is 9.59 Å². The van der Waals surface area contributed by atoms with Gasteiger partial charge in [0.25, 0.3) is 0 Å². The summed E-state index contributed by atoms with van der Waals surface area (Å²) in [7, 11) is 0. The van der Waals surface area contributed by atoms with E-state index in [1.807, 2.05) is 6.07 Å². The third-order valence-electron chi connectivity index (χ3n) is 2.61. The van der Waals surface area contributed by atoms with E-state index in [1.54, 1.807) is 18.2 Å². The van der Waals surface area contributed by atoms with Gasteiger partial charge >= 0.3 is 0 Å². The lowest BCUT2D eigenvalue weighted by Crippen LogP contribution is -2.38. The topological polar surface area (TPSA) is 61.2 Å². The molecule has 0 aliphatic carbocycles. The van der Waals surface area contributed by atoms with Crippen LogP contribution in [0.3, 0.4) is 0 Å². The quantitative estimate of drug-likeness (QED) is 0.754. The van der Waals surface area contributed by atoms with Crippen LogP contribution in [-0.4, -0.2) is 18.2 Å². The fourth-order valence-corrected chi connectivity index (χ4v) is 2.00. The number of fused-ring (bicyclic) bond motifs is 1. The number of benzene rings is 1. The normalized spacial score (nSPS) is 14.5. The van der Waals surface area contributed by atoms with Crippen molar-refractivity contribution in [3.8, 4) is 6.07 Å². The van der Waals surface area contributed by atoms with Crippen LogP contribution < -0.4 is 4.90 Å². The number of hydrogen-bond acceptors (Lipinski definition) is 3. The molecular weight excluding hydrogens is 240 g/mol. The van der Waals surface area contributed by atoms with Crippen molar-refractivity contribution < 1.29 is 9.59 Å². The highest BCUT2D eigenvalue weighted by molar-refractivity contribution is 6.31. The minimum Gasteiger partial charge on any atom is -0.310 e. The number of amides is 1. The molecule has 0 N–H and O–H groups in total. The summed E-state index contributed by atoms with van der Waals surface area (Å²) in [4.78, 5) is 24.9. The molecular formula is C12H9ClN2O2. The lowest BCUT2D eigenvalue weighted by atomic mass is 9.99. The fraction of sp³-hybridized carbons (Fsp3) is 0.250. The van der Waals surface area contributed by atoms with Crippen molar-refractivity contribution in [2.24, 2.45) is 0 Å². The zero-order valence-corrected chi connectivity index (χ0v) is 9.70. The third kappa shape index (κ3) is 2.15. The predicted molar refractivity (Wildman–Crippen MR) is 63.0 cm³/mol. The fourth-order valence-electron chi connectivity index (χ4n) is 1.83. The number of halogens is 1. The Morgan fingerprint density at radius 1 is 1.41 bits per heavy atom. The van der Waals surface area contributed by atoms with E-state index in [4.69, 9.17) is 16.9 Å². The highest BCUT2D eigenvalue weighted by Crippen LogP contribution is 2.30. The minimum atomic E-state index is -0.278. The Morgan fingerprint density at radius 2 is 2.18 bits per heavy atom. The molecule has 0 saturated heterocycles. The molecule has 0 fully saturated rings. The smallest absolute Gasteiger partial charge is 0.234 e. The van der Waals surface area contributed by atoms with Gasteiger partial charge in [0.05, 0.1) is 24.6 Å². The largest absolute Gasteiger partial charge is 0.310 e. The second-order valence-electron chi connectivity index (χ2n) is 3.71. The van der Waals surface area contributed by atoms with Gasteiger partial charge in [0.1, 0.15) is 0 Å². The van der Waals surface area contributed by atoms with E-state index < -0.39 is 0 Å². The molecule has 0 saturated carbocycles. The molecule has 0 atom stereocenters. The first kappa shape index (κ1) is 11.6. The molecule has 1 amide bonds. The molecule has 1 aliphatic heterocycles. The van der Waals surface area contributed by atoms with E-state index in [2.05, 4.69) is 0 Å². The third-order valence-corrected chi connectivity index (χ3v) is 2.85. The van der Waals surface area contributed by atoms with E-state index in [-0.39, 0.29) is 31.1 Å². The number of nitrogens with zero attached hydrogens (tertiary/aromatic N) is 2. The van der Waals surface area contributed by atoms with Crippen LogP contribution in [0.4, 0.5) is 5.69 Å². The Labute approximate surface area is 103 Å². The van der Waals surface area contributed by atoms with Crippen LogP contribution in [0.15, 0.2) is 18.2 Å². The van der Waals surface area contributed by atoms with Crippen LogP contribution in [-0.2, 0) is 4.79 Å². The number of rotatable bonds is 2. The van der Waals surface area contributed by atoms with Crippen molar-refractivity contribution >= 4 is 29.0 Å². The number of carbonyl (C=O) groups is 2. The number of carbonyl (C=O) groups excluding carboxylic acids is 2. The maximum absolute atomic E-state index is 11.7. The summed E-state index contributed by atoms with van der Waals surface area (Å²) in [5, 5.41) is 9.02. The van der Waals surface area contributed by atoms with Gasteiger partial charge in [-0.15, -0.1) is 0 Å². The monoisotopic (exact) mass is 248 g/mol. The standard InChI is InChI=1S/C12H9ClN2O2/c13-8-2-3-9-10(6-8)15(5-1-4-14)12(17)7-11(9)16/h2-3,6H,1,5,7H2. The van der Waals surface area contributed by atoms with Gasteiger partial charge < -0.3 is 4.90 Å². The van der Waals surface area contributed by atoms with E-state index >= 15 is 0 Å². The Morgan fingerprint density at radius 3 is 2.88 bits per heavy atom. The molecule has 1 heterocycles. The van der Waals surface area contributed by atoms with Crippen molar-refractivity contribution in [1.82, 2.24) is 0 Å². The molecule has 1 aliphatic rings. The second kappa shape index (κ2) is 4.56. The van der Waals surface area contributed by atoms with Gasteiger partial charge in [-0.25, -0.2) is 0 Å². The van der Waals surface area contributed by atoms with E-state index in [1.165, 1.54) is 4.90 Å². The Bertz CT molecular complexity index is 534. The number of nitriles is 1. The molecule has 1 aromatic carbocycles. The first-order valence-electron chi connectivity index (χ1n) is 5.13. The average Bonchev–Trinajstić information content (AvgIpc) is 2.28. The van der Waals surface area contributed by atoms with Crippen molar-refractivity contribution in [3.05, 3.63) is 28.8 Å². The number of Topliss-reactive ketones (excluding diaryl/α,β-unsaturated/α-hetero) is 1. The zero-order chi connectivity index (χ0) is 12.4. The van der Waals surface area contributed by atoms with Crippen molar-refractivity contribution in [1.29, 1.82) is 5.26 Å². The lowest BCUT2D eigenvalue weighted by molar-refractivity contribution is -0.117.